The Balaban J connectivity index is 1.43. The van der Waals surface area contributed by atoms with Gasteiger partial charge >= 0.3 is 0 Å². The Hall–Kier alpha value is -3.17. The van der Waals surface area contributed by atoms with Gasteiger partial charge in [0.2, 0.25) is 11.9 Å². The lowest BCUT2D eigenvalue weighted by Crippen LogP contribution is -2.49. The molecule has 168 valence electrons. The van der Waals surface area contributed by atoms with Crippen LogP contribution in [0, 0.1) is 0 Å². The number of amides is 2. The summed E-state index contributed by atoms with van der Waals surface area (Å²) >= 11 is 3.16. The molecule has 0 spiro atoms. The minimum atomic E-state index is 0.00818. The number of rotatable bonds is 4. The summed E-state index contributed by atoms with van der Waals surface area (Å²) in [5, 5.41) is 5.17. The van der Waals surface area contributed by atoms with Gasteiger partial charge in [0.15, 0.2) is 0 Å². The topological polar surface area (TPSA) is 78.4 Å². The second kappa shape index (κ2) is 8.99. The van der Waals surface area contributed by atoms with Crippen LogP contribution in [0.2, 0.25) is 0 Å². The van der Waals surface area contributed by atoms with Crippen LogP contribution >= 0.6 is 23.1 Å². The fourth-order valence-corrected chi connectivity index (χ4v) is 5.48. The molecule has 3 heterocycles. The molecule has 7 nitrogen and oxygen atoms in total. The predicted octanol–water partition coefficient (Wildman–Crippen LogP) is 4.61. The van der Waals surface area contributed by atoms with Crippen LogP contribution in [0.3, 0.4) is 0 Å². The molecule has 1 aliphatic rings. The van der Waals surface area contributed by atoms with E-state index in [2.05, 4.69) is 22.4 Å². The van der Waals surface area contributed by atoms with Crippen molar-refractivity contribution in [1.82, 2.24) is 19.8 Å². The number of thiophene rings is 1. The van der Waals surface area contributed by atoms with Crippen LogP contribution in [0.25, 0.3) is 21.0 Å². The molecule has 0 saturated carbocycles. The average Bonchev–Trinajstić information content (AvgIpc) is 3.29. The van der Waals surface area contributed by atoms with Gasteiger partial charge in [-0.1, -0.05) is 6.07 Å². The zero-order chi connectivity index (χ0) is 22.9. The van der Waals surface area contributed by atoms with E-state index in [4.69, 9.17) is 4.98 Å². The quantitative estimate of drug-likeness (QED) is 0.433. The minimum absolute atomic E-state index is 0.00818. The van der Waals surface area contributed by atoms with Gasteiger partial charge < -0.3 is 15.1 Å². The first kappa shape index (κ1) is 21.7. The van der Waals surface area contributed by atoms with Gasteiger partial charge in [-0.25, -0.2) is 9.97 Å². The van der Waals surface area contributed by atoms with E-state index >= 15 is 0 Å². The molecule has 1 N–H and O–H groups in total. The van der Waals surface area contributed by atoms with E-state index in [0.717, 1.165) is 31.6 Å². The highest BCUT2D eigenvalue weighted by molar-refractivity contribution is 7.98. The molecule has 2 aromatic heterocycles. The molecule has 2 aromatic carbocycles. The smallest absolute Gasteiger partial charge is 0.264 e. The summed E-state index contributed by atoms with van der Waals surface area (Å²) in [5.41, 5.74) is 1.75. The lowest BCUT2D eigenvalue weighted by Gasteiger charge is -2.33. The summed E-state index contributed by atoms with van der Waals surface area (Å²) in [7, 11) is 0. The number of piperazine rings is 1. The van der Waals surface area contributed by atoms with E-state index in [1.54, 1.807) is 23.6 Å². The van der Waals surface area contributed by atoms with Crippen LogP contribution in [0.4, 0.5) is 11.6 Å². The number of fused-ring (bicyclic) bond motifs is 3. The lowest BCUT2D eigenvalue weighted by atomic mass is 10.1. The van der Waals surface area contributed by atoms with E-state index in [1.165, 1.54) is 11.3 Å². The number of aromatic nitrogens is 2. The van der Waals surface area contributed by atoms with E-state index in [-0.39, 0.29) is 11.8 Å². The fourth-order valence-electron chi connectivity index (χ4n) is 3.98. The van der Waals surface area contributed by atoms with Gasteiger partial charge in [0.05, 0.1) is 10.4 Å². The third-order valence-electron chi connectivity index (χ3n) is 5.80. The second-order valence-corrected chi connectivity index (χ2v) is 9.84. The summed E-state index contributed by atoms with van der Waals surface area (Å²) < 4.78 is 1.02. The van der Waals surface area contributed by atoms with Crippen LogP contribution in [-0.2, 0) is 4.79 Å². The Bertz CT molecular complexity index is 1360. The molecule has 1 aliphatic heterocycles. The molecule has 0 unspecified atom stereocenters. The standard InChI is InChI=1S/C24H23N5O2S2/c1-15(30)28-8-10-29(11-9-28)23(31)21-13-19-20(33-21)7-6-16-14-25-24(27-22(16)19)26-17-4-3-5-18(12-17)32-2/h3-7,12-14H,8-11H2,1-2H3,(H,25,26,27). The highest BCUT2D eigenvalue weighted by atomic mass is 32.2. The van der Waals surface area contributed by atoms with Gasteiger partial charge in [0, 0.05) is 65.4 Å². The number of benzene rings is 2. The Labute approximate surface area is 199 Å². The third-order valence-corrected chi connectivity index (χ3v) is 7.61. The number of carbonyl (C=O) groups excluding carboxylic acids is 2. The number of nitrogens with one attached hydrogen (secondary N) is 1. The molecular weight excluding hydrogens is 454 g/mol. The Morgan fingerprint density at radius 3 is 2.61 bits per heavy atom. The van der Waals surface area contributed by atoms with Gasteiger partial charge in [0.25, 0.3) is 5.91 Å². The normalized spacial score (nSPS) is 14.1. The van der Waals surface area contributed by atoms with Gasteiger partial charge in [-0.15, -0.1) is 23.1 Å². The van der Waals surface area contributed by atoms with Gasteiger partial charge in [-0.3, -0.25) is 9.59 Å². The molecule has 1 saturated heterocycles. The number of carbonyl (C=O) groups is 2. The summed E-state index contributed by atoms with van der Waals surface area (Å²) in [4.78, 5) is 39.4. The number of hydrogen-bond donors (Lipinski definition) is 1. The van der Waals surface area contributed by atoms with Crippen molar-refractivity contribution in [3.05, 3.63) is 53.5 Å². The van der Waals surface area contributed by atoms with Gasteiger partial charge in [0.1, 0.15) is 0 Å². The van der Waals surface area contributed by atoms with Crippen molar-refractivity contribution < 1.29 is 9.59 Å². The van der Waals surface area contributed by atoms with Crippen LogP contribution in [-0.4, -0.2) is 64.0 Å². The first-order chi connectivity index (χ1) is 16.0. The van der Waals surface area contributed by atoms with Crippen molar-refractivity contribution in [2.75, 3.05) is 37.8 Å². The monoisotopic (exact) mass is 477 g/mol. The Morgan fingerprint density at radius 2 is 1.85 bits per heavy atom. The molecular formula is C24H23N5O2S2. The van der Waals surface area contributed by atoms with Crippen molar-refractivity contribution in [2.45, 2.75) is 11.8 Å². The molecule has 2 amide bonds. The molecule has 33 heavy (non-hydrogen) atoms. The van der Waals surface area contributed by atoms with E-state index in [1.807, 2.05) is 47.7 Å². The average molecular weight is 478 g/mol. The van der Waals surface area contributed by atoms with Crippen molar-refractivity contribution in [2.24, 2.45) is 0 Å². The van der Waals surface area contributed by atoms with E-state index in [0.29, 0.717) is 37.0 Å². The van der Waals surface area contributed by atoms with Crippen LogP contribution in [0.1, 0.15) is 16.6 Å². The summed E-state index contributed by atoms with van der Waals surface area (Å²) in [6.45, 7) is 3.83. The van der Waals surface area contributed by atoms with Crippen LogP contribution in [0.15, 0.2) is 53.6 Å². The molecule has 4 aromatic rings. The van der Waals surface area contributed by atoms with Crippen LogP contribution < -0.4 is 5.32 Å². The molecule has 1 fully saturated rings. The zero-order valence-corrected chi connectivity index (χ0v) is 20.0. The van der Waals surface area contributed by atoms with Gasteiger partial charge in [-0.05, 0) is 42.7 Å². The zero-order valence-electron chi connectivity index (χ0n) is 18.4. The first-order valence-corrected chi connectivity index (χ1v) is 12.7. The maximum Gasteiger partial charge on any atom is 0.264 e. The van der Waals surface area contributed by atoms with E-state index in [9.17, 15) is 9.59 Å². The van der Waals surface area contributed by atoms with Crippen molar-refractivity contribution in [1.29, 1.82) is 0 Å². The van der Waals surface area contributed by atoms with Gasteiger partial charge in [-0.2, -0.15) is 0 Å². The highest BCUT2D eigenvalue weighted by Gasteiger charge is 2.24. The summed E-state index contributed by atoms with van der Waals surface area (Å²) in [5.74, 6) is 0.584. The predicted molar refractivity (Wildman–Crippen MR) is 135 cm³/mol. The Morgan fingerprint density at radius 1 is 1.06 bits per heavy atom. The number of thioether (sulfide) groups is 1. The molecule has 0 aliphatic carbocycles. The van der Waals surface area contributed by atoms with Crippen LogP contribution in [0.5, 0.6) is 0 Å². The lowest BCUT2D eigenvalue weighted by molar-refractivity contribution is -0.130. The molecule has 0 atom stereocenters. The first-order valence-electron chi connectivity index (χ1n) is 10.7. The molecule has 0 radical (unpaired) electrons. The van der Waals surface area contributed by atoms with Crippen molar-refractivity contribution >= 4 is 67.5 Å². The summed E-state index contributed by atoms with van der Waals surface area (Å²) in [6.07, 6.45) is 3.85. The summed E-state index contributed by atoms with van der Waals surface area (Å²) in [6, 6.07) is 14.1. The van der Waals surface area contributed by atoms with Crippen molar-refractivity contribution in [3.8, 4) is 0 Å². The second-order valence-electron chi connectivity index (χ2n) is 7.87. The maximum absolute atomic E-state index is 13.1. The highest BCUT2D eigenvalue weighted by Crippen LogP contribution is 2.32. The largest absolute Gasteiger partial charge is 0.339 e. The Kier molecular flexibility index (Phi) is 5.90. The molecule has 5 rings (SSSR count). The van der Waals surface area contributed by atoms with Crippen molar-refractivity contribution in [3.63, 3.8) is 0 Å². The molecule has 0 bridgehead atoms. The maximum atomic E-state index is 13.1. The number of nitrogens with zero attached hydrogens (tertiary/aromatic N) is 4. The number of hydrogen-bond acceptors (Lipinski definition) is 7. The molecule has 9 heteroatoms. The number of anilines is 2. The third kappa shape index (κ3) is 4.38. The SMILES string of the molecule is CSc1cccc(Nc2ncc3ccc4sc(C(=O)N5CCN(C(C)=O)CC5)cc4c3n2)c1. The van der Waals surface area contributed by atoms with E-state index < -0.39 is 0 Å². The fraction of sp³-hybridized carbons (Fsp3) is 0.250. The minimum Gasteiger partial charge on any atom is -0.339 e.